The number of nitrogens with one attached hydrogen (secondary N) is 1. The molecule has 0 radical (unpaired) electrons. The quantitative estimate of drug-likeness (QED) is 0.874. The van der Waals surface area contributed by atoms with Crippen molar-refractivity contribution in [2.45, 2.75) is 40.3 Å². The molecule has 0 aliphatic rings. The van der Waals surface area contributed by atoms with Gasteiger partial charge in [-0.05, 0) is 24.0 Å². The predicted octanol–water partition coefficient (Wildman–Crippen LogP) is 1.99. The Balaban J connectivity index is 2.70. The lowest BCUT2D eigenvalue weighted by Gasteiger charge is -2.26. The number of carbonyl (C=O) groups is 1. The van der Waals surface area contributed by atoms with E-state index in [-0.39, 0.29) is 11.3 Å². The van der Waals surface area contributed by atoms with E-state index in [4.69, 9.17) is 10.5 Å². The van der Waals surface area contributed by atoms with E-state index < -0.39 is 6.04 Å². The molecule has 0 aliphatic heterocycles. The van der Waals surface area contributed by atoms with E-state index in [1.807, 2.05) is 45.9 Å². The van der Waals surface area contributed by atoms with E-state index in [0.717, 1.165) is 16.9 Å². The average molecular weight is 264 g/mol. The van der Waals surface area contributed by atoms with Crippen LogP contribution in [0, 0.1) is 12.3 Å². The predicted molar refractivity (Wildman–Crippen MR) is 77.0 cm³/mol. The van der Waals surface area contributed by atoms with Crippen molar-refractivity contribution in [2.24, 2.45) is 11.1 Å². The highest BCUT2D eigenvalue weighted by Gasteiger charge is 2.27. The van der Waals surface area contributed by atoms with Gasteiger partial charge in [-0.3, -0.25) is 4.79 Å². The summed E-state index contributed by atoms with van der Waals surface area (Å²) in [5.74, 6) is 0.639. The number of hydrogen-bond acceptors (Lipinski definition) is 3. The Morgan fingerprint density at radius 3 is 2.58 bits per heavy atom. The SMILES string of the molecule is COc1cc(C)ccc1CNC(=O)[C@@H](N)C(C)(C)C. The molecule has 4 heteroatoms. The van der Waals surface area contributed by atoms with Gasteiger partial charge in [-0.1, -0.05) is 32.9 Å². The molecule has 0 saturated heterocycles. The van der Waals surface area contributed by atoms with Crippen LogP contribution in [-0.2, 0) is 11.3 Å². The minimum atomic E-state index is -0.524. The molecular weight excluding hydrogens is 240 g/mol. The smallest absolute Gasteiger partial charge is 0.237 e. The Morgan fingerprint density at radius 2 is 2.05 bits per heavy atom. The summed E-state index contributed by atoms with van der Waals surface area (Å²) in [6.07, 6.45) is 0. The molecular formula is C15H24N2O2. The van der Waals surface area contributed by atoms with Gasteiger partial charge in [0.25, 0.3) is 0 Å². The number of nitrogens with two attached hydrogens (primary N) is 1. The highest BCUT2D eigenvalue weighted by atomic mass is 16.5. The standard InChI is InChI=1S/C15H24N2O2/c1-10-6-7-11(12(8-10)19-5)9-17-14(18)13(16)15(2,3)4/h6-8,13H,9,16H2,1-5H3,(H,17,18)/t13-/m1/s1. The van der Waals surface area contributed by atoms with Crippen LogP contribution >= 0.6 is 0 Å². The zero-order chi connectivity index (χ0) is 14.6. The third-order valence-electron chi connectivity index (χ3n) is 3.11. The summed E-state index contributed by atoms with van der Waals surface area (Å²) in [5.41, 5.74) is 7.73. The number of ether oxygens (including phenoxy) is 1. The van der Waals surface area contributed by atoms with Crippen molar-refractivity contribution in [1.29, 1.82) is 0 Å². The Kier molecular flexibility index (Phi) is 4.95. The number of carbonyl (C=O) groups excluding carboxylic acids is 1. The number of hydrogen-bond donors (Lipinski definition) is 2. The Labute approximate surface area is 115 Å². The second kappa shape index (κ2) is 6.06. The summed E-state index contributed by atoms with van der Waals surface area (Å²) in [6, 6.07) is 5.37. The van der Waals surface area contributed by atoms with Crippen molar-refractivity contribution >= 4 is 5.91 Å². The molecule has 1 aromatic rings. The van der Waals surface area contributed by atoms with Crippen LogP contribution in [0.4, 0.5) is 0 Å². The zero-order valence-corrected chi connectivity index (χ0v) is 12.4. The van der Waals surface area contributed by atoms with Gasteiger partial charge in [0, 0.05) is 12.1 Å². The first-order valence-electron chi connectivity index (χ1n) is 6.42. The van der Waals surface area contributed by atoms with Crippen molar-refractivity contribution in [1.82, 2.24) is 5.32 Å². The van der Waals surface area contributed by atoms with E-state index in [1.165, 1.54) is 0 Å². The van der Waals surface area contributed by atoms with Crippen LogP contribution in [0.25, 0.3) is 0 Å². The lowest BCUT2D eigenvalue weighted by molar-refractivity contribution is -0.124. The normalized spacial score (nSPS) is 12.9. The molecule has 0 aliphatic carbocycles. The maximum Gasteiger partial charge on any atom is 0.237 e. The molecule has 0 unspecified atom stereocenters. The second-order valence-corrected chi connectivity index (χ2v) is 5.88. The molecule has 1 aromatic carbocycles. The van der Waals surface area contributed by atoms with Gasteiger partial charge in [0.05, 0.1) is 13.2 Å². The minimum Gasteiger partial charge on any atom is -0.496 e. The summed E-state index contributed by atoms with van der Waals surface area (Å²) < 4.78 is 5.30. The molecule has 4 nitrogen and oxygen atoms in total. The van der Waals surface area contributed by atoms with Crippen LogP contribution in [0.2, 0.25) is 0 Å². The minimum absolute atomic E-state index is 0.143. The van der Waals surface area contributed by atoms with E-state index >= 15 is 0 Å². The average Bonchev–Trinajstić information content (AvgIpc) is 2.34. The number of benzene rings is 1. The number of rotatable bonds is 4. The number of aryl methyl sites for hydroxylation is 1. The molecule has 0 saturated carbocycles. The highest BCUT2D eigenvalue weighted by molar-refractivity contribution is 5.82. The lowest BCUT2D eigenvalue weighted by Crippen LogP contribution is -2.48. The molecule has 0 spiro atoms. The Hall–Kier alpha value is -1.55. The van der Waals surface area contributed by atoms with Crippen molar-refractivity contribution in [3.63, 3.8) is 0 Å². The second-order valence-electron chi connectivity index (χ2n) is 5.88. The molecule has 0 heterocycles. The summed E-state index contributed by atoms with van der Waals surface area (Å²) in [5, 5.41) is 2.86. The van der Waals surface area contributed by atoms with E-state index in [2.05, 4.69) is 5.32 Å². The van der Waals surface area contributed by atoms with Crippen molar-refractivity contribution in [2.75, 3.05) is 7.11 Å². The van der Waals surface area contributed by atoms with E-state index in [1.54, 1.807) is 7.11 Å². The summed E-state index contributed by atoms with van der Waals surface area (Å²) >= 11 is 0. The van der Waals surface area contributed by atoms with Gasteiger partial charge < -0.3 is 15.8 Å². The lowest BCUT2D eigenvalue weighted by atomic mass is 9.87. The first kappa shape index (κ1) is 15.5. The highest BCUT2D eigenvalue weighted by Crippen LogP contribution is 2.20. The maximum absolute atomic E-state index is 12.0. The Morgan fingerprint density at radius 1 is 1.42 bits per heavy atom. The van der Waals surface area contributed by atoms with Crippen molar-refractivity contribution in [3.8, 4) is 5.75 Å². The molecule has 0 fully saturated rings. The Bertz CT molecular complexity index is 450. The molecule has 0 bridgehead atoms. The first-order valence-corrected chi connectivity index (χ1v) is 6.42. The molecule has 3 N–H and O–H groups in total. The van der Waals surface area contributed by atoms with Gasteiger partial charge in [-0.15, -0.1) is 0 Å². The van der Waals surface area contributed by atoms with Crippen LogP contribution in [0.3, 0.4) is 0 Å². The molecule has 1 atom stereocenters. The van der Waals surface area contributed by atoms with Crippen LogP contribution in [0.5, 0.6) is 5.75 Å². The zero-order valence-electron chi connectivity index (χ0n) is 12.4. The number of methoxy groups -OCH3 is 1. The van der Waals surface area contributed by atoms with E-state index in [9.17, 15) is 4.79 Å². The molecule has 1 amide bonds. The monoisotopic (exact) mass is 264 g/mol. The fraction of sp³-hybridized carbons (Fsp3) is 0.533. The molecule has 19 heavy (non-hydrogen) atoms. The van der Waals surface area contributed by atoms with Gasteiger partial charge >= 0.3 is 0 Å². The summed E-state index contributed by atoms with van der Waals surface area (Å²) in [7, 11) is 1.63. The van der Waals surface area contributed by atoms with Gasteiger partial charge in [0.15, 0.2) is 0 Å². The van der Waals surface area contributed by atoms with Crippen LogP contribution in [0.1, 0.15) is 31.9 Å². The first-order chi connectivity index (χ1) is 8.75. The molecule has 1 rings (SSSR count). The van der Waals surface area contributed by atoms with Gasteiger partial charge in [0.1, 0.15) is 5.75 Å². The third-order valence-corrected chi connectivity index (χ3v) is 3.11. The fourth-order valence-electron chi connectivity index (χ4n) is 1.68. The fourth-order valence-corrected chi connectivity index (χ4v) is 1.68. The van der Waals surface area contributed by atoms with Gasteiger partial charge in [0.2, 0.25) is 5.91 Å². The molecule has 106 valence electrons. The third kappa shape index (κ3) is 4.24. The van der Waals surface area contributed by atoms with Gasteiger partial charge in [-0.25, -0.2) is 0 Å². The summed E-state index contributed by atoms with van der Waals surface area (Å²) in [4.78, 5) is 12.0. The topological polar surface area (TPSA) is 64.3 Å². The number of amides is 1. The van der Waals surface area contributed by atoms with Gasteiger partial charge in [-0.2, -0.15) is 0 Å². The largest absolute Gasteiger partial charge is 0.496 e. The van der Waals surface area contributed by atoms with E-state index in [0.29, 0.717) is 6.54 Å². The van der Waals surface area contributed by atoms with Crippen LogP contribution in [0.15, 0.2) is 18.2 Å². The van der Waals surface area contributed by atoms with Crippen molar-refractivity contribution < 1.29 is 9.53 Å². The van der Waals surface area contributed by atoms with Crippen molar-refractivity contribution in [3.05, 3.63) is 29.3 Å². The van der Waals surface area contributed by atoms with Crippen LogP contribution < -0.4 is 15.8 Å². The molecule has 0 aromatic heterocycles. The van der Waals surface area contributed by atoms with Crippen LogP contribution in [-0.4, -0.2) is 19.1 Å². The summed E-state index contributed by atoms with van der Waals surface area (Å²) in [6.45, 7) is 8.27. The maximum atomic E-state index is 12.0.